The van der Waals surface area contributed by atoms with Crippen LogP contribution in [0.3, 0.4) is 0 Å². The maximum absolute atomic E-state index is 2.55. The molecule has 3 unspecified atom stereocenters. The highest BCUT2D eigenvalue weighted by Crippen LogP contribution is 2.27. The third-order valence-corrected chi connectivity index (χ3v) is 3.55. The Morgan fingerprint density at radius 1 is 1.33 bits per heavy atom. The summed E-state index contributed by atoms with van der Waals surface area (Å²) in [6.07, 6.45) is 6.03. The molecule has 0 bridgehead atoms. The Hall–Kier alpha value is 0.470. The fraction of sp³-hybridized carbons (Fsp3) is 0.750. The summed E-state index contributed by atoms with van der Waals surface area (Å²) >= 11 is 2.55. The predicted octanol–water partition coefficient (Wildman–Crippen LogP) is 3.02. The van der Waals surface area contributed by atoms with Crippen LogP contribution in [0.15, 0.2) is 12.2 Å². The Balaban J connectivity index is 2.54. The van der Waals surface area contributed by atoms with Crippen molar-refractivity contribution in [1.82, 2.24) is 0 Å². The van der Waals surface area contributed by atoms with Gasteiger partial charge in [0, 0.05) is 3.92 Å². The van der Waals surface area contributed by atoms with Gasteiger partial charge in [-0.3, -0.25) is 0 Å². The van der Waals surface area contributed by atoms with Crippen LogP contribution in [0.2, 0.25) is 0 Å². The van der Waals surface area contributed by atoms with E-state index in [1.165, 1.54) is 6.42 Å². The fourth-order valence-corrected chi connectivity index (χ4v) is 2.18. The van der Waals surface area contributed by atoms with E-state index < -0.39 is 0 Å². The molecule has 3 atom stereocenters. The number of allylic oxidation sites excluding steroid dienone is 2. The van der Waals surface area contributed by atoms with E-state index in [9.17, 15) is 0 Å². The minimum atomic E-state index is 0.793. The molecule has 9 heavy (non-hydrogen) atoms. The van der Waals surface area contributed by atoms with E-state index in [4.69, 9.17) is 0 Å². The minimum Gasteiger partial charge on any atom is -0.0854 e. The lowest BCUT2D eigenvalue weighted by Crippen LogP contribution is -2.16. The summed E-state index contributed by atoms with van der Waals surface area (Å²) in [6.45, 7) is 4.58. The highest BCUT2D eigenvalue weighted by atomic mass is 127. The number of hydrogen-bond donors (Lipinski definition) is 0. The second kappa shape index (κ2) is 3.04. The Bertz CT molecular complexity index is 118. The maximum atomic E-state index is 2.55. The molecule has 0 nitrogen and oxygen atoms in total. The number of halogens is 1. The molecular weight excluding hydrogens is 223 g/mol. The van der Waals surface area contributed by atoms with Gasteiger partial charge < -0.3 is 0 Å². The first-order valence-electron chi connectivity index (χ1n) is 3.52. The van der Waals surface area contributed by atoms with E-state index in [2.05, 4.69) is 48.6 Å². The van der Waals surface area contributed by atoms with Crippen molar-refractivity contribution in [3.8, 4) is 0 Å². The van der Waals surface area contributed by atoms with Crippen LogP contribution in [0.4, 0.5) is 0 Å². The van der Waals surface area contributed by atoms with Gasteiger partial charge in [0.1, 0.15) is 0 Å². The third kappa shape index (κ3) is 1.95. The van der Waals surface area contributed by atoms with Crippen molar-refractivity contribution in [3.05, 3.63) is 12.2 Å². The first-order valence-corrected chi connectivity index (χ1v) is 4.77. The molecular formula is C8H13I. The summed E-state index contributed by atoms with van der Waals surface area (Å²) in [5, 5.41) is 0. The van der Waals surface area contributed by atoms with E-state index in [0.717, 1.165) is 15.8 Å². The Kier molecular flexibility index (Phi) is 2.56. The van der Waals surface area contributed by atoms with Crippen molar-refractivity contribution in [1.29, 1.82) is 0 Å². The predicted molar refractivity (Wildman–Crippen MR) is 49.9 cm³/mol. The number of hydrogen-bond acceptors (Lipinski definition) is 0. The van der Waals surface area contributed by atoms with E-state index in [0.29, 0.717) is 0 Å². The molecule has 1 heteroatoms. The quantitative estimate of drug-likeness (QED) is 0.344. The largest absolute Gasteiger partial charge is 0.0854 e. The lowest BCUT2D eigenvalue weighted by atomic mass is 9.91. The number of rotatable bonds is 0. The van der Waals surface area contributed by atoms with E-state index in [-0.39, 0.29) is 0 Å². The summed E-state index contributed by atoms with van der Waals surface area (Å²) < 4.78 is 0.864. The average molecular weight is 236 g/mol. The molecule has 1 rings (SSSR count). The molecule has 0 saturated heterocycles. The van der Waals surface area contributed by atoms with E-state index in [1.807, 2.05) is 0 Å². The van der Waals surface area contributed by atoms with Crippen molar-refractivity contribution < 1.29 is 0 Å². The Morgan fingerprint density at radius 2 is 2.00 bits per heavy atom. The smallest absolute Gasteiger partial charge is 0.0175 e. The maximum Gasteiger partial charge on any atom is 0.0175 e. The first kappa shape index (κ1) is 7.58. The van der Waals surface area contributed by atoms with E-state index >= 15 is 0 Å². The lowest BCUT2D eigenvalue weighted by molar-refractivity contribution is 0.532. The average Bonchev–Trinajstić information content (AvgIpc) is 1.80. The van der Waals surface area contributed by atoms with Gasteiger partial charge in [0.25, 0.3) is 0 Å². The zero-order valence-electron chi connectivity index (χ0n) is 5.97. The Labute approximate surface area is 70.9 Å². The normalized spacial score (nSPS) is 43.2. The Morgan fingerprint density at radius 3 is 2.44 bits per heavy atom. The van der Waals surface area contributed by atoms with Crippen LogP contribution in [0.25, 0.3) is 0 Å². The summed E-state index contributed by atoms with van der Waals surface area (Å²) in [4.78, 5) is 0. The zero-order chi connectivity index (χ0) is 6.85. The van der Waals surface area contributed by atoms with Gasteiger partial charge >= 0.3 is 0 Å². The van der Waals surface area contributed by atoms with Crippen LogP contribution in [0, 0.1) is 11.8 Å². The van der Waals surface area contributed by atoms with Gasteiger partial charge in [-0.1, -0.05) is 48.6 Å². The molecule has 0 heterocycles. The zero-order valence-corrected chi connectivity index (χ0v) is 8.13. The van der Waals surface area contributed by atoms with Crippen molar-refractivity contribution in [2.45, 2.75) is 24.2 Å². The summed E-state index contributed by atoms with van der Waals surface area (Å²) in [6, 6.07) is 0. The van der Waals surface area contributed by atoms with Gasteiger partial charge in [-0.25, -0.2) is 0 Å². The summed E-state index contributed by atoms with van der Waals surface area (Å²) in [7, 11) is 0. The topological polar surface area (TPSA) is 0 Å². The molecule has 0 amide bonds. The molecule has 1 aliphatic rings. The van der Waals surface area contributed by atoms with Crippen LogP contribution in [-0.2, 0) is 0 Å². The molecule has 0 fully saturated rings. The van der Waals surface area contributed by atoms with Crippen molar-refractivity contribution in [2.75, 3.05) is 0 Å². The third-order valence-electron chi connectivity index (χ3n) is 1.91. The molecule has 0 spiro atoms. The van der Waals surface area contributed by atoms with Gasteiger partial charge in [-0.05, 0) is 18.3 Å². The van der Waals surface area contributed by atoms with Gasteiger partial charge in [-0.2, -0.15) is 0 Å². The molecule has 0 aromatic carbocycles. The van der Waals surface area contributed by atoms with Crippen LogP contribution in [-0.4, -0.2) is 3.92 Å². The highest BCUT2D eigenvalue weighted by Gasteiger charge is 2.17. The monoisotopic (exact) mass is 236 g/mol. The molecule has 0 aromatic rings. The summed E-state index contributed by atoms with van der Waals surface area (Å²) in [5.74, 6) is 1.60. The second-order valence-electron chi connectivity index (χ2n) is 2.97. The highest BCUT2D eigenvalue weighted by molar-refractivity contribution is 14.1. The molecule has 0 radical (unpaired) electrons. The number of alkyl halides is 1. The molecule has 1 aliphatic carbocycles. The SMILES string of the molecule is CC1C=CC(C)C(I)C1. The van der Waals surface area contributed by atoms with Crippen LogP contribution in [0.5, 0.6) is 0 Å². The fourth-order valence-electron chi connectivity index (χ4n) is 1.13. The summed E-state index contributed by atoms with van der Waals surface area (Å²) in [5.41, 5.74) is 0. The standard InChI is InChI=1S/C8H13I/c1-6-3-4-7(2)8(9)5-6/h3-4,6-8H,5H2,1-2H3. The van der Waals surface area contributed by atoms with Gasteiger partial charge in [-0.15, -0.1) is 0 Å². The van der Waals surface area contributed by atoms with Crippen molar-refractivity contribution in [2.24, 2.45) is 11.8 Å². The molecule has 0 aromatic heterocycles. The van der Waals surface area contributed by atoms with Gasteiger partial charge in [0.15, 0.2) is 0 Å². The van der Waals surface area contributed by atoms with Crippen LogP contribution in [0.1, 0.15) is 20.3 Å². The van der Waals surface area contributed by atoms with Crippen molar-refractivity contribution in [3.63, 3.8) is 0 Å². The molecule has 0 N–H and O–H groups in total. The van der Waals surface area contributed by atoms with Gasteiger partial charge in [0.2, 0.25) is 0 Å². The molecule has 0 saturated carbocycles. The molecule has 52 valence electrons. The second-order valence-corrected chi connectivity index (χ2v) is 4.57. The minimum absolute atomic E-state index is 0.793. The van der Waals surface area contributed by atoms with Crippen LogP contribution < -0.4 is 0 Å². The van der Waals surface area contributed by atoms with Gasteiger partial charge in [0.05, 0.1) is 0 Å². The molecule has 0 aliphatic heterocycles. The van der Waals surface area contributed by atoms with Crippen LogP contribution >= 0.6 is 22.6 Å². The lowest BCUT2D eigenvalue weighted by Gasteiger charge is -2.22. The first-order chi connectivity index (χ1) is 4.20. The van der Waals surface area contributed by atoms with Crippen molar-refractivity contribution >= 4 is 22.6 Å². The van der Waals surface area contributed by atoms with E-state index in [1.54, 1.807) is 0 Å².